The van der Waals surface area contributed by atoms with Gasteiger partial charge >= 0.3 is 12.2 Å². The molecule has 1 aromatic heterocycles. The summed E-state index contributed by atoms with van der Waals surface area (Å²) in [5.74, 6) is 0. The number of aromatic nitrogens is 2. The fourth-order valence-corrected chi connectivity index (χ4v) is 1.96. The normalized spacial score (nSPS) is 11.3. The van der Waals surface area contributed by atoms with Crippen LogP contribution < -0.4 is 4.90 Å². The van der Waals surface area contributed by atoms with Gasteiger partial charge in [-0.05, 0) is 12.1 Å². The van der Waals surface area contributed by atoms with E-state index in [1.165, 1.54) is 11.9 Å². The van der Waals surface area contributed by atoms with Crippen LogP contribution >= 0.6 is 0 Å². The molecule has 0 fully saturated rings. The maximum Gasteiger partial charge on any atom is 0.419 e. The molecular formula is C15H17F3N4O. The van der Waals surface area contributed by atoms with Crippen molar-refractivity contribution in [3.05, 3.63) is 48.3 Å². The van der Waals surface area contributed by atoms with E-state index in [1.807, 2.05) is 42.3 Å². The molecule has 0 unspecified atom stereocenters. The van der Waals surface area contributed by atoms with Gasteiger partial charge in [0, 0.05) is 39.1 Å². The van der Waals surface area contributed by atoms with E-state index in [4.69, 9.17) is 0 Å². The van der Waals surface area contributed by atoms with Gasteiger partial charge in [-0.15, -0.1) is 0 Å². The molecule has 0 aliphatic carbocycles. The lowest BCUT2D eigenvalue weighted by molar-refractivity contribution is -0.137. The number of rotatable bonds is 4. The van der Waals surface area contributed by atoms with E-state index in [0.717, 1.165) is 5.69 Å². The van der Waals surface area contributed by atoms with E-state index in [0.29, 0.717) is 30.2 Å². The zero-order valence-electron chi connectivity index (χ0n) is 12.8. The molecule has 23 heavy (non-hydrogen) atoms. The van der Waals surface area contributed by atoms with Gasteiger partial charge in [0.25, 0.3) is 0 Å². The first kappa shape index (κ1) is 16.9. The average Bonchev–Trinajstić information content (AvgIpc) is 3.02. The first-order chi connectivity index (χ1) is 10.8. The molecule has 0 atom stereocenters. The molecule has 0 saturated carbocycles. The van der Waals surface area contributed by atoms with Crippen molar-refractivity contribution in [1.29, 1.82) is 0 Å². The van der Waals surface area contributed by atoms with E-state index >= 15 is 0 Å². The van der Waals surface area contributed by atoms with Crippen LogP contribution in [0.4, 0.5) is 23.7 Å². The summed E-state index contributed by atoms with van der Waals surface area (Å²) in [5, 5.41) is 3.48. The summed E-state index contributed by atoms with van der Waals surface area (Å²) in [4.78, 5) is 15.4. The van der Waals surface area contributed by atoms with Crippen LogP contribution in [0.5, 0.6) is 0 Å². The molecule has 1 amide bonds. The average molecular weight is 326 g/mol. The highest BCUT2D eigenvalue weighted by molar-refractivity contribution is 5.75. The number of benzene rings is 1. The minimum absolute atomic E-state index is 0.353. The lowest BCUT2D eigenvalue weighted by atomic mass is 10.3. The van der Waals surface area contributed by atoms with Crippen molar-refractivity contribution in [1.82, 2.24) is 14.7 Å². The van der Waals surface area contributed by atoms with Crippen LogP contribution in [0.25, 0.3) is 0 Å². The van der Waals surface area contributed by atoms with E-state index in [1.54, 1.807) is 0 Å². The number of likely N-dealkylation sites (N-methyl/N-ethyl adjacent to an activating group) is 2. The van der Waals surface area contributed by atoms with Gasteiger partial charge in [-0.3, -0.25) is 0 Å². The van der Waals surface area contributed by atoms with Crippen molar-refractivity contribution in [3.63, 3.8) is 0 Å². The number of amides is 1. The minimum Gasteiger partial charge on any atom is -0.373 e. The monoisotopic (exact) mass is 326 g/mol. The second-order valence-electron chi connectivity index (χ2n) is 5.13. The number of hydrogen-bond acceptors (Lipinski definition) is 3. The Morgan fingerprint density at radius 3 is 2.39 bits per heavy atom. The first-order valence-electron chi connectivity index (χ1n) is 6.92. The van der Waals surface area contributed by atoms with Crippen LogP contribution in [-0.2, 0) is 6.18 Å². The van der Waals surface area contributed by atoms with Gasteiger partial charge in [-0.25, -0.2) is 4.79 Å². The van der Waals surface area contributed by atoms with Gasteiger partial charge in [-0.2, -0.15) is 23.0 Å². The van der Waals surface area contributed by atoms with Crippen molar-refractivity contribution in [2.75, 3.05) is 32.1 Å². The Balaban J connectivity index is 1.94. The summed E-state index contributed by atoms with van der Waals surface area (Å²) >= 11 is 0. The molecule has 0 bridgehead atoms. The third-order valence-corrected chi connectivity index (χ3v) is 3.40. The largest absolute Gasteiger partial charge is 0.419 e. The topological polar surface area (TPSA) is 41.4 Å². The molecule has 5 nitrogen and oxygen atoms in total. The number of carbonyl (C=O) groups is 1. The predicted octanol–water partition coefficient (Wildman–Crippen LogP) is 2.94. The quantitative estimate of drug-likeness (QED) is 0.867. The zero-order valence-corrected chi connectivity index (χ0v) is 12.8. The second-order valence-corrected chi connectivity index (χ2v) is 5.13. The lowest BCUT2D eigenvalue weighted by Crippen LogP contribution is -2.37. The maximum absolute atomic E-state index is 12.5. The highest BCUT2D eigenvalue weighted by atomic mass is 19.4. The minimum atomic E-state index is -4.51. The molecule has 2 rings (SSSR count). The van der Waals surface area contributed by atoms with Crippen LogP contribution in [0.1, 0.15) is 5.56 Å². The number of halogens is 3. The molecule has 0 N–H and O–H groups in total. The Morgan fingerprint density at radius 2 is 1.83 bits per heavy atom. The highest BCUT2D eigenvalue weighted by Crippen LogP contribution is 2.28. The SMILES string of the molecule is CN(CCN(C)c1ccccc1)C(=O)n1cc(C(F)(F)F)cn1. The fourth-order valence-electron chi connectivity index (χ4n) is 1.96. The Labute approximate surface area is 131 Å². The standard InChI is InChI=1S/C15H17F3N4O/c1-20(13-6-4-3-5-7-13)8-9-21(2)14(23)22-11-12(10-19-22)15(16,17)18/h3-7,10-11H,8-9H2,1-2H3. The summed E-state index contributed by atoms with van der Waals surface area (Å²) in [5.41, 5.74) is 0.0486. The molecule has 0 spiro atoms. The maximum atomic E-state index is 12.5. The molecule has 124 valence electrons. The van der Waals surface area contributed by atoms with Crippen molar-refractivity contribution < 1.29 is 18.0 Å². The highest BCUT2D eigenvalue weighted by Gasteiger charge is 2.33. The van der Waals surface area contributed by atoms with Crippen molar-refractivity contribution in [2.45, 2.75) is 6.18 Å². The Hall–Kier alpha value is -2.51. The number of nitrogens with zero attached hydrogens (tertiary/aromatic N) is 4. The van der Waals surface area contributed by atoms with E-state index in [-0.39, 0.29) is 0 Å². The van der Waals surface area contributed by atoms with Crippen LogP contribution in [-0.4, -0.2) is 47.9 Å². The number of para-hydroxylation sites is 1. The number of alkyl halides is 3. The van der Waals surface area contributed by atoms with Crippen molar-refractivity contribution >= 4 is 11.7 Å². The van der Waals surface area contributed by atoms with Crippen LogP contribution in [0.2, 0.25) is 0 Å². The summed E-state index contributed by atoms with van der Waals surface area (Å²) in [6.07, 6.45) is -3.17. The van der Waals surface area contributed by atoms with Crippen LogP contribution in [0.3, 0.4) is 0 Å². The van der Waals surface area contributed by atoms with Gasteiger partial charge in [-0.1, -0.05) is 18.2 Å². The Kier molecular flexibility index (Phi) is 4.92. The fraction of sp³-hybridized carbons (Fsp3) is 0.333. The van der Waals surface area contributed by atoms with Gasteiger partial charge in [0.1, 0.15) is 0 Å². The number of carbonyl (C=O) groups excluding carboxylic acids is 1. The molecule has 1 heterocycles. The molecule has 1 aromatic carbocycles. The van der Waals surface area contributed by atoms with Gasteiger partial charge in [0.2, 0.25) is 0 Å². The number of anilines is 1. The second kappa shape index (κ2) is 6.72. The summed E-state index contributed by atoms with van der Waals surface area (Å²) < 4.78 is 38.3. The first-order valence-corrected chi connectivity index (χ1v) is 6.92. The third-order valence-electron chi connectivity index (χ3n) is 3.40. The van der Waals surface area contributed by atoms with Crippen LogP contribution in [0, 0.1) is 0 Å². The summed E-state index contributed by atoms with van der Waals surface area (Å²) in [7, 11) is 3.40. The predicted molar refractivity (Wildman–Crippen MR) is 80.4 cm³/mol. The van der Waals surface area contributed by atoms with Crippen molar-refractivity contribution in [3.8, 4) is 0 Å². The van der Waals surface area contributed by atoms with Crippen LogP contribution in [0.15, 0.2) is 42.7 Å². The molecule has 8 heteroatoms. The van der Waals surface area contributed by atoms with E-state index < -0.39 is 17.8 Å². The molecule has 0 radical (unpaired) electrons. The lowest BCUT2D eigenvalue weighted by Gasteiger charge is -2.23. The van der Waals surface area contributed by atoms with Crippen molar-refractivity contribution in [2.24, 2.45) is 0 Å². The van der Waals surface area contributed by atoms with Gasteiger partial charge in [0.15, 0.2) is 0 Å². The Morgan fingerprint density at radius 1 is 1.17 bits per heavy atom. The van der Waals surface area contributed by atoms with Gasteiger partial charge in [0.05, 0.1) is 11.8 Å². The number of hydrogen-bond donors (Lipinski definition) is 0. The van der Waals surface area contributed by atoms with E-state index in [9.17, 15) is 18.0 Å². The zero-order chi connectivity index (χ0) is 17.0. The molecule has 0 saturated heterocycles. The van der Waals surface area contributed by atoms with E-state index in [2.05, 4.69) is 5.10 Å². The Bertz CT molecular complexity index is 654. The third kappa shape index (κ3) is 4.24. The summed E-state index contributed by atoms with van der Waals surface area (Å²) in [6, 6.07) is 8.98. The molecular weight excluding hydrogens is 309 g/mol. The smallest absolute Gasteiger partial charge is 0.373 e. The molecule has 0 aliphatic heterocycles. The molecule has 2 aromatic rings. The van der Waals surface area contributed by atoms with Gasteiger partial charge < -0.3 is 9.80 Å². The molecule has 0 aliphatic rings. The summed E-state index contributed by atoms with van der Waals surface area (Å²) in [6.45, 7) is 0.894.